The Hall–Kier alpha value is -1.11. The van der Waals surface area contributed by atoms with Gasteiger partial charge in [0, 0.05) is 24.4 Å². The standard InChI is InChI=1S/C19H28N2O3S.ClH/c1-21(18(22)14-11-19(14)5-7-20-8-6-19)12-13-9-15(23-2)16(24-3)10-17(13)25-4;/h9-10,14,20H,5-8,11-12H2,1-4H3;1H. The van der Waals surface area contributed by atoms with Crippen LogP contribution in [0.2, 0.25) is 0 Å². The van der Waals surface area contributed by atoms with Crippen molar-refractivity contribution < 1.29 is 14.3 Å². The molecule has 1 amide bonds. The largest absolute Gasteiger partial charge is 0.493 e. The molecule has 26 heavy (non-hydrogen) atoms. The Kier molecular flexibility index (Phi) is 7.11. The van der Waals surface area contributed by atoms with Gasteiger partial charge in [-0.25, -0.2) is 0 Å². The zero-order valence-corrected chi connectivity index (χ0v) is 17.6. The third kappa shape index (κ3) is 4.07. The van der Waals surface area contributed by atoms with E-state index >= 15 is 0 Å². The lowest BCUT2D eigenvalue weighted by atomic mass is 9.91. The van der Waals surface area contributed by atoms with Gasteiger partial charge in [-0.2, -0.15) is 0 Å². The molecule has 146 valence electrons. The first kappa shape index (κ1) is 21.2. The molecule has 1 spiro atoms. The zero-order valence-electron chi connectivity index (χ0n) is 16.0. The smallest absolute Gasteiger partial charge is 0.226 e. The highest BCUT2D eigenvalue weighted by Crippen LogP contribution is 2.59. The number of carbonyl (C=O) groups excluding carboxylic acids is 1. The van der Waals surface area contributed by atoms with Crippen LogP contribution in [0.25, 0.3) is 0 Å². The van der Waals surface area contributed by atoms with Gasteiger partial charge in [-0.05, 0) is 61.7 Å². The second-order valence-corrected chi connectivity index (χ2v) is 7.93. The maximum Gasteiger partial charge on any atom is 0.226 e. The van der Waals surface area contributed by atoms with Crippen LogP contribution in [0.4, 0.5) is 0 Å². The second-order valence-electron chi connectivity index (χ2n) is 7.08. The maximum absolute atomic E-state index is 12.9. The molecule has 1 aromatic carbocycles. The van der Waals surface area contributed by atoms with E-state index in [1.54, 1.807) is 26.0 Å². The number of nitrogens with zero attached hydrogens (tertiary/aromatic N) is 1. The summed E-state index contributed by atoms with van der Waals surface area (Å²) in [6.45, 7) is 2.68. The van der Waals surface area contributed by atoms with E-state index in [0.717, 1.165) is 48.6 Å². The molecule has 1 saturated heterocycles. The summed E-state index contributed by atoms with van der Waals surface area (Å²) in [7, 11) is 5.19. The molecule has 0 aromatic heterocycles. The average Bonchev–Trinajstić information content (AvgIpc) is 3.33. The average molecular weight is 401 g/mol. The van der Waals surface area contributed by atoms with Crippen LogP contribution in [0.5, 0.6) is 11.5 Å². The fourth-order valence-electron chi connectivity index (χ4n) is 3.99. The van der Waals surface area contributed by atoms with Crippen LogP contribution in [0.15, 0.2) is 17.0 Å². The Morgan fingerprint density at radius 1 is 1.27 bits per heavy atom. The summed E-state index contributed by atoms with van der Waals surface area (Å²) in [5.74, 6) is 1.92. The fraction of sp³-hybridized carbons (Fsp3) is 0.632. The number of hydrogen-bond acceptors (Lipinski definition) is 5. The number of rotatable bonds is 6. The van der Waals surface area contributed by atoms with E-state index in [1.165, 1.54) is 0 Å². The summed E-state index contributed by atoms with van der Waals surface area (Å²) in [6, 6.07) is 3.98. The molecule has 1 aliphatic heterocycles. The van der Waals surface area contributed by atoms with Crippen LogP contribution in [-0.4, -0.2) is 51.4 Å². The number of amides is 1. The summed E-state index contributed by atoms with van der Waals surface area (Å²) in [6.07, 6.45) is 5.35. The highest BCUT2D eigenvalue weighted by molar-refractivity contribution is 7.98. The molecule has 1 N–H and O–H groups in total. The Balaban J connectivity index is 0.00000243. The van der Waals surface area contributed by atoms with E-state index in [9.17, 15) is 4.79 Å². The van der Waals surface area contributed by atoms with Gasteiger partial charge in [-0.15, -0.1) is 24.2 Å². The number of nitrogens with one attached hydrogen (secondary N) is 1. The molecule has 2 fully saturated rings. The highest BCUT2D eigenvalue weighted by atomic mass is 35.5. The summed E-state index contributed by atoms with van der Waals surface area (Å²) in [5, 5.41) is 3.39. The minimum Gasteiger partial charge on any atom is -0.493 e. The monoisotopic (exact) mass is 400 g/mol. The molecule has 1 unspecified atom stereocenters. The predicted octanol–water partition coefficient (Wildman–Crippen LogP) is 3.20. The van der Waals surface area contributed by atoms with E-state index < -0.39 is 0 Å². The third-order valence-electron chi connectivity index (χ3n) is 5.66. The topological polar surface area (TPSA) is 50.8 Å². The van der Waals surface area contributed by atoms with Gasteiger partial charge in [0.05, 0.1) is 14.2 Å². The van der Waals surface area contributed by atoms with Crippen LogP contribution in [0.1, 0.15) is 24.8 Å². The van der Waals surface area contributed by atoms with E-state index in [-0.39, 0.29) is 29.6 Å². The molecule has 0 radical (unpaired) electrons. The van der Waals surface area contributed by atoms with Gasteiger partial charge < -0.3 is 19.7 Å². The SMILES string of the molecule is COc1cc(CN(C)C(=O)C2CC23CCNCC3)c(SC)cc1OC.Cl. The molecule has 1 saturated carbocycles. The van der Waals surface area contributed by atoms with Crippen molar-refractivity contribution in [1.29, 1.82) is 0 Å². The number of thioether (sulfide) groups is 1. The third-order valence-corrected chi connectivity index (χ3v) is 6.48. The van der Waals surface area contributed by atoms with Crippen LogP contribution >= 0.6 is 24.2 Å². The molecular formula is C19H29ClN2O3S. The maximum atomic E-state index is 12.9. The first-order valence-corrected chi connectivity index (χ1v) is 10.0. The number of carbonyl (C=O) groups is 1. The number of halogens is 1. The van der Waals surface area contributed by atoms with Crippen molar-refractivity contribution in [2.45, 2.75) is 30.7 Å². The van der Waals surface area contributed by atoms with Gasteiger partial charge in [-0.3, -0.25) is 4.79 Å². The molecule has 5 nitrogen and oxygen atoms in total. The van der Waals surface area contributed by atoms with Crippen molar-refractivity contribution in [2.75, 3.05) is 40.6 Å². The molecule has 1 heterocycles. The van der Waals surface area contributed by atoms with Crippen molar-refractivity contribution in [2.24, 2.45) is 11.3 Å². The number of hydrogen-bond donors (Lipinski definition) is 1. The van der Waals surface area contributed by atoms with Crippen molar-refractivity contribution in [3.63, 3.8) is 0 Å². The van der Waals surface area contributed by atoms with Gasteiger partial charge >= 0.3 is 0 Å². The molecule has 7 heteroatoms. The molecule has 3 rings (SSSR count). The Morgan fingerprint density at radius 2 is 1.88 bits per heavy atom. The molecule has 0 bridgehead atoms. The lowest BCUT2D eigenvalue weighted by molar-refractivity contribution is -0.132. The molecule has 2 aliphatic rings. The van der Waals surface area contributed by atoms with Gasteiger partial charge in [-0.1, -0.05) is 0 Å². The first-order valence-electron chi connectivity index (χ1n) is 8.79. The summed E-state index contributed by atoms with van der Waals surface area (Å²) in [5.41, 5.74) is 1.37. The lowest BCUT2D eigenvalue weighted by Crippen LogP contribution is -2.34. The lowest BCUT2D eigenvalue weighted by Gasteiger charge is -2.25. The quantitative estimate of drug-likeness (QED) is 0.743. The molecular weight excluding hydrogens is 372 g/mol. The minimum atomic E-state index is 0. The Morgan fingerprint density at radius 3 is 2.46 bits per heavy atom. The first-order chi connectivity index (χ1) is 12.0. The van der Waals surface area contributed by atoms with Crippen molar-refractivity contribution in [1.82, 2.24) is 10.2 Å². The van der Waals surface area contributed by atoms with Gasteiger partial charge in [0.1, 0.15) is 0 Å². The highest BCUT2D eigenvalue weighted by Gasteiger charge is 2.58. The van der Waals surface area contributed by atoms with E-state index in [0.29, 0.717) is 12.3 Å². The minimum absolute atomic E-state index is 0. The number of piperidine rings is 1. The Bertz CT molecular complexity index is 650. The van der Waals surface area contributed by atoms with Crippen molar-refractivity contribution in [3.05, 3.63) is 17.7 Å². The van der Waals surface area contributed by atoms with E-state index in [4.69, 9.17) is 9.47 Å². The predicted molar refractivity (Wildman–Crippen MR) is 108 cm³/mol. The normalized spacial score (nSPS) is 20.2. The second kappa shape index (κ2) is 8.72. The van der Waals surface area contributed by atoms with Gasteiger partial charge in [0.15, 0.2) is 11.5 Å². The number of benzene rings is 1. The van der Waals surface area contributed by atoms with Crippen LogP contribution in [-0.2, 0) is 11.3 Å². The summed E-state index contributed by atoms with van der Waals surface area (Å²) in [4.78, 5) is 15.9. The van der Waals surface area contributed by atoms with Gasteiger partial charge in [0.2, 0.25) is 5.91 Å². The number of methoxy groups -OCH3 is 2. The van der Waals surface area contributed by atoms with Crippen LogP contribution in [0.3, 0.4) is 0 Å². The summed E-state index contributed by atoms with van der Waals surface area (Å²) < 4.78 is 10.8. The molecule has 1 atom stereocenters. The van der Waals surface area contributed by atoms with Gasteiger partial charge in [0.25, 0.3) is 0 Å². The van der Waals surface area contributed by atoms with E-state index in [2.05, 4.69) is 5.32 Å². The molecule has 1 aliphatic carbocycles. The van der Waals surface area contributed by atoms with Crippen LogP contribution in [0, 0.1) is 11.3 Å². The van der Waals surface area contributed by atoms with Crippen LogP contribution < -0.4 is 14.8 Å². The summed E-state index contributed by atoms with van der Waals surface area (Å²) >= 11 is 1.66. The van der Waals surface area contributed by atoms with E-state index in [1.807, 2.05) is 30.3 Å². The Labute approximate surface area is 166 Å². The zero-order chi connectivity index (χ0) is 18.0. The fourth-order valence-corrected chi connectivity index (χ4v) is 4.60. The van der Waals surface area contributed by atoms with Crippen molar-refractivity contribution >= 4 is 30.1 Å². The molecule has 1 aromatic rings. The van der Waals surface area contributed by atoms with Crippen molar-refractivity contribution in [3.8, 4) is 11.5 Å². The number of ether oxygens (including phenoxy) is 2.